The molecule has 3 N–H and O–H groups in total. The van der Waals surface area contributed by atoms with Gasteiger partial charge in [0.05, 0.1) is 6.26 Å². The Hall–Kier alpha value is -2.90. The number of aromatic hydroxyl groups is 1. The van der Waals surface area contributed by atoms with Crippen LogP contribution in [0, 0.1) is 0 Å². The van der Waals surface area contributed by atoms with Gasteiger partial charge in [-0.2, -0.15) is 0 Å². The van der Waals surface area contributed by atoms with E-state index < -0.39 is 29.4 Å². The van der Waals surface area contributed by atoms with Gasteiger partial charge >= 0.3 is 12.1 Å². The molecule has 0 aliphatic carbocycles. The molecule has 2 aromatic heterocycles. The second-order valence-electron chi connectivity index (χ2n) is 3.44. The predicted octanol–water partition coefficient (Wildman–Crippen LogP) is 2.26. The topological polar surface area (TPSA) is 122 Å². The maximum Gasteiger partial charge on any atom is 0.411 e. The Kier molecular flexibility index (Phi) is 3.15. The number of anilines is 1. The molecule has 0 aliphatic heterocycles. The van der Waals surface area contributed by atoms with Gasteiger partial charge in [-0.3, -0.25) is 10.1 Å². The van der Waals surface area contributed by atoms with Gasteiger partial charge in [0.25, 0.3) is 5.88 Å². The number of carbonyl (C=O) groups is 2. The van der Waals surface area contributed by atoms with E-state index in [2.05, 4.69) is 0 Å². The summed E-state index contributed by atoms with van der Waals surface area (Å²) < 4.78 is 14.8. The number of hydrogen-bond acceptors (Lipinski definition) is 6. The molecule has 2 rings (SSSR count). The summed E-state index contributed by atoms with van der Waals surface area (Å²) in [4.78, 5) is 21.5. The lowest BCUT2D eigenvalue weighted by atomic mass is 10.3. The Morgan fingerprint density at radius 3 is 2.68 bits per heavy atom. The van der Waals surface area contributed by atoms with E-state index in [9.17, 15) is 14.7 Å². The Morgan fingerprint density at radius 1 is 1.42 bits per heavy atom. The van der Waals surface area contributed by atoms with Crippen molar-refractivity contribution in [3.63, 3.8) is 0 Å². The van der Waals surface area contributed by atoms with Gasteiger partial charge in [0.2, 0.25) is 17.3 Å². The Morgan fingerprint density at radius 2 is 2.16 bits per heavy atom. The van der Waals surface area contributed by atoms with Crippen LogP contribution in [-0.2, 0) is 4.79 Å². The Balaban J connectivity index is 2.49. The molecule has 8 heteroatoms. The van der Waals surface area contributed by atoms with Crippen molar-refractivity contribution < 1.29 is 33.4 Å². The number of amides is 1. The molecule has 0 spiro atoms. The fraction of sp³-hybridized carbons (Fsp3) is 0.0909. The predicted molar refractivity (Wildman–Crippen MR) is 61.0 cm³/mol. The van der Waals surface area contributed by atoms with Gasteiger partial charge < -0.3 is 23.8 Å². The van der Waals surface area contributed by atoms with E-state index in [0.29, 0.717) is 0 Å². The smallest absolute Gasteiger partial charge is 0.411 e. The fourth-order valence-electron chi connectivity index (χ4n) is 1.40. The Labute approximate surface area is 106 Å². The van der Waals surface area contributed by atoms with Crippen molar-refractivity contribution in [3.05, 3.63) is 18.4 Å². The van der Waals surface area contributed by atoms with Gasteiger partial charge in [-0.1, -0.05) is 0 Å². The summed E-state index contributed by atoms with van der Waals surface area (Å²) in [6, 6.07) is 3.04. The summed E-state index contributed by atoms with van der Waals surface area (Å²) >= 11 is 0. The van der Waals surface area contributed by atoms with Crippen molar-refractivity contribution in [2.75, 3.05) is 5.32 Å². The summed E-state index contributed by atoms with van der Waals surface area (Å²) in [7, 11) is 0. The lowest BCUT2D eigenvalue weighted by Crippen LogP contribution is -2.09. The highest BCUT2D eigenvalue weighted by atomic mass is 16.6. The minimum Gasteiger partial charge on any atom is -0.501 e. The van der Waals surface area contributed by atoms with Crippen LogP contribution < -0.4 is 10.1 Å². The molecule has 0 aliphatic rings. The quantitative estimate of drug-likeness (QED) is 0.729. The van der Waals surface area contributed by atoms with E-state index in [1.165, 1.54) is 12.3 Å². The molecule has 0 saturated heterocycles. The van der Waals surface area contributed by atoms with Crippen molar-refractivity contribution in [2.24, 2.45) is 0 Å². The van der Waals surface area contributed by atoms with Crippen molar-refractivity contribution in [1.29, 1.82) is 0 Å². The van der Waals surface area contributed by atoms with Crippen LogP contribution in [0.15, 0.2) is 27.2 Å². The number of rotatable bonds is 3. The second-order valence-corrected chi connectivity index (χ2v) is 3.44. The molecule has 2 aromatic rings. The Bertz CT molecular complexity index is 611. The van der Waals surface area contributed by atoms with Gasteiger partial charge in [0, 0.05) is 6.92 Å². The molecule has 100 valence electrons. The number of esters is 1. The van der Waals surface area contributed by atoms with Crippen LogP contribution in [0.3, 0.4) is 0 Å². The van der Waals surface area contributed by atoms with Crippen LogP contribution in [0.1, 0.15) is 6.92 Å². The zero-order valence-electron chi connectivity index (χ0n) is 9.67. The third-order valence-corrected chi connectivity index (χ3v) is 2.05. The number of carboxylic acid groups (broad SMARTS) is 1. The first kappa shape index (κ1) is 12.6. The molecule has 0 fully saturated rings. The zero-order valence-corrected chi connectivity index (χ0v) is 9.67. The van der Waals surface area contributed by atoms with Crippen molar-refractivity contribution in [2.45, 2.75) is 6.92 Å². The number of ether oxygens (including phenoxy) is 1. The number of furan rings is 2. The maximum absolute atomic E-state index is 10.9. The van der Waals surface area contributed by atoms with Crippen LogP contribution in [0.25, 0.3) is 11.5 Å². The third kappa shape index (κ3) is 2.51. The minimum absolute atomic E-state index is 0.148. The first-order valence-electron chi connectivity index (χ1n) is 5.07. The van der Waals surface area contributed by atoms with Gasteiger partial charge in [0.15, 0.2) is 5.76 Å². The van der Waals surface area contributed by atoms with E-state index in [-0.39, 0.29) is 11.5 Å². The molecule has 0 aromatic carbocycles. The van der Waals surface area contributed by atoms with Crippen molar-refractivity contribution in [1.82, 2.24) is 0 Å². The van der Waals surface area contributed by atoms with E-state index >= 15 is 0 Å². The maximum atomic E-state index is 10.9. The standard InChI is InChI=1S/C11H9NO7/c1-5(13)18-9-7(14)8(6-3-2-4-17-6)19-10(9)12-11(15)16/h2-4,12,14H,1H3,(H,15,16). The molecule has 0 radical (unpaired) electrons. The number of hydrogen-bond donors (Lipinski definition) is 3. The number of nitrogens with one attached hydrogen (secondary N) is 1. The molecule has 2 heterocycles. The molecule has 19 heavy (non-hydrogen) atoms. The van der Waals surface area contributed by atoms with E-state index in [1.807, 2.05) is 5.32 Å². The van der Waals surface area contributed by atoms with Crippen LogP contribution in [-0.4, -0.2) is 22.3 Å². The summed E-state index contributed by atoms with van der Waals surface area (Å²) in [5.41, 5.74) is 0. The van der Waals surface area contributed by atoms with Crippen LogP contribution >= 0.6 is 0 Å². The summed E-state index contributed by atoms with van der Waals surface area (Å²) in [5, 5.41) is 20.4. The molecule has 1 amide bonds. The number of carbonyl (C=O) groups excluding carboxylic acids is 1. The van der Waals surface area contributed by atoms with Crippen LogP contribution in [0.2, 0.25) is 0 Å². The molecule has 0 unspecified atom stereocenters. The monoisotopic (exact) mass is 267 g/mol. The zero-order chi connectivity index (χ0) is 14.0. The first-order valence-corrected chi connectivity index (χ1v) is 5.07. The average Bonchev–Trinajstić information content (AvgIpc) is 2.90. The summed E-state index contributed by atoms with van der Waals surface area (Å²) in [5.74, 6) is -2.09. The third-order valence-electron chi connectivity index (χ3n) is 2.05. The SMILES string of the molecule is CC(=O)Oc1c(NC(=O)O)oc(-c2ccco2)c1O. The molecule has 0 atom stereocenters. The van der Waals surface area contributed by atoms with Gasteiger partial charge in [-0.05, 0) is 12.1 Å². The molecular formula is C11H9NO7. The van der Waals surface area contributed by atoms with Gasteiger partial charge in [-0.25, -0.2) is 4.79 Å². The lowest BCUT2D eigenvalue weighted by Gasteiger charge is -2.00. The van der Waals surface area contributed by atoms with Crippen molar-refractivity contribution in [3.8, 4) is 23.0 Å². The molecule has 0 bridgehead atoms. The summed E-state index contributed by atoms with van der Waals surface area (Å²) in [6.45, 7) is 1.10. The van der Waals surface area contributed by atoms with E-state index in [4.69, 9.17) is 18.7 Å². The van der Waals surface area contributed by atoms with Crippen LogP contribution in [0.4, 0.5) is 10.7 Å². The molecule has 0 saturated carbocycles. The van der Waals surface area contributed by atoms with Crippen molar-refractivity contribution >= 4 is 17.9 Å². The van der Waals surface area contributed by atoms with E-state index in [1.54, 1.807) is 6.07 Å². The first-order chi connectivity index (χ1) is 8.99. The molecular weight excluding hydrogens is 258 g/mol. The largest absolute Gasteiger partial charge is 0.501 e. The molecule has 8 nitrogen and oxygen atoms in total. The van der Waals surface area contributed by atoms with Gasteiger partial charge in [0.1, 0.15) is 0 Å². The fourth-order valence-corrected chi connectivity index (χ4v) is 1.40. The highest BCUT2D eigenvalue weighted by molar-refractivity contribution is 5.87. The highest BCUT2D eigenvalue weighted by Crippen LogP contribution is 2.46. The normalized spacial score (nSPS) is 10.2. The lowest BCUT2D eigenvalue weighted by molar-refractivity contribution is -0.132. The second kappa shape index (κ2) is 4.77. The summed E-state index contributed by atoms with van der Waals surface area (Å²) in [6.07, 6.45) is -0.0965. The minimum atomic E-state index is -1.44. The van der Waals surface area contributed by atoms with Gasteiger partial charge in [-0.15, -0.1) is 0 Å². The highest BCUT2D eigenvalue weighted by Gasteiger charge is 2.26. The average molecular weight is 267 g/mol. The van der Waals surface area contributed by atoms with E-state index in [0.717, 1.165) is 6.92 Å². The van der Waals surface area contributed by atoms with Crippen LogP contribution in [0.5, 0.6) is 11.5 Å².